The average molecular weight is 461 g/mol. The van der Waals surface area contributed by atoms with E-state index in [0.717, 1.165) is 6.54 Å². The number of fused-ring (bicyclic) bond motifs is 12. The van der Waals surface area contributed by atoms with Crippen LogP contribution in [0.4, 0.5) is 11.5 Å². The summed E-state index contributed by atoms with van der Waals surface area (Å²) in [6.45, 7) is 3.14. The molecule has 1 aromatic heterocycles. The van der Waals surface area contributed by atoms with E-state index in [0.29, 0.717) is 0 Å². The number of hydrogen-bond acceptors (Lipinski definition) is 1. The summed E-state index contributed by atoms with van der Waals surface area (Å²) in [5, 5.41) is 8.92. The molecular weight excluding hydrogens is 436 g/mol. The maximum Gasteiger partial charge on any atom is 0.118 e. The minimum Gasteiger partial charge on any atom is -0.327 e. The Morgan fingerprint density at radius 2 is 1.14 bits per heavy atom. The van der Waals surface area contributed by atoms with Crippen LogP contribution in [0.2, 0.25) is 0 Å². The van der Waals surface area contributed by atoms with E-state index in [-0.39, 0.29) is 0 Å². The summed E-state index contributed by atoms with van der Waals surface area (Å²) in [6, 6.07) is 42.5. The van der Waals surface area contributed by atoms with Crippen LogP contribution in [0.15, 0.2) is 115 Å². The molecule has 0 atom stereocenters. The molecule has 170 valence electrons. The van der Waals surface area contributed by atoms with Gasteiger partial charge in [-0.25, -0.2) is 0 Å². The summed E-state index contributed by atoms with van der Waals surface area (Å²) in [7, 11) is 0. The van der Waals surface area contributed by atoms with Crippen molar-refractivity contribution in [1.29, 1.82) is 0 Å². The Labute approximate surface area is 209 Å². The predicted octanol–water partition coefficient (Wildman–Crippen LogP) is 9.23. The van der Waals surface area contributed by atoms with Gasteiger partial charge in [-0.3, -0.25) is 4.57 Å². The van der Waals surface area contributed by atoms with Gasteiger partial charge in [0, 0.05) is 28.4 Å². The van der Waals surface area contributed by atoms with Gasteiger partial charge in [-0.2, -0.15) is 0 Å². The van der Waals surface area contributed by atoms with Gasteiger partial charge in [0.15, 0.2) is 0 Å². The number of hydrogen-bond donors (Lipinski definition) is 0. The summed E-state index contributed by atoms with van der Waals surface area (Å²) >= 11 is 0. The molecule has 1 aliphatic heterocycles. The number of anilines is 2. The zero-order valence-electron chi connectivity index (χ0n) is 20.1. The minimum absolute atomic E-state index is 0.882. The maximum atomic E-state index is 2.51. The number of nitrogens with zero attached hydrogens (tertiary/aromatic N) is 2. The van der Waals surface area contributed by atoms with Crippen molar-refractivity contribution in [3.05, 3.63) is 115 Å². The number of rotatable bonds is 1. The first-order valence-electron chi connectivity index (χ1n) is 12.7. The molecule has 2 heteroatoms. The van der Waals surface area contributed by atoms with Crippen molar-refractivity contribution in [2.75, 3.05) is 11.4 Å². The van der Waals surface area contributed by atoms with E-state index in [1.165, 1.54) is 71.5 Å². The van der Waals surface area contributed by atoms with Gasteiger partial charge in [-0.15, -0.1) is 0 Å². The van der Waals surface area contributed by atoms with E-state index in [1.807, 2.05) is 0 Å². The SMILES string of the molecule is CCN1c2ccc3ccccc3c2-c2cc3ccccc3cc2-n2c1cc1ccc3ccccc3c12. The second-order valence-corrected chi connectivity index (χ2v) is 9.70. The van der Waals surface area contributed by atoms with Crippen LogP contribution in [0.3, 0.4) is 0 Å². The van der Waals surface area contributed by atoms with Gasteiger partial charge in [-0.05, 0) is 58.1 Å². The molecule has 6 aromatic carbocycles. The molecule has 0 saturated heterocycles. The van der Waals surface area contributed by atoms with Crippen LogP contribution in [0.1, 0.15) is 6.92 Å². The summed E-state index contributed by atoms with van der Waals surface area (Å²) in [6.07, 6.45) is 0. The summed E-state index contributed by atoms with van der Waals surface area (Å²) < 4.78 is 2.51. The third-order valence-electron chi connectivity index (χ3n) is 7.83. The molecule has 0 saturated carbocycles. The van der Waals surface area contributed by atoms with Crippen LogP contribution in [-0.2, 0) is 0 Å². The first kappa shape index (κ1) is 19.7. The fourth-order valence-corrected chi connectivity index (χ4v) is 6.24. The smallest absolute Gasteiger partial charge is 0.118 e. The van der Waals surface area contributed by atoms with Crippen molar-refractivity contribution >= 4 is 54.7 Å². The molecule has 2 heterocycles. The Kier molecular flexibility index (Phi) is 3.96. The lowest BCUT2D eigenvalue weighted by Gasteiger charge is -2.24. The number of benzene rings is 6. The van der Waals surface area contributed by atoms with E-state index in [1.54, 1.807) is 0 Å². The van der Waals surface area contributed by atoms with Crippen molar-refractivity contribution in [1.82, 2.24) is 4.57 Å². The van der Waals surface area contributed by atoms with E-state index in [2.05, 4.69) is 132 Å². The molecule has 0 aliphatic carbocycles. The van der Waals surface area contributed by atoms with Crippen LogP contribution in [0, 0.1) is 0 Å². The van der Waals surface area contributed by atoms with Crippen LogP contribution in [0.5, 0.6) is 0 Å². The van der Waals surface area contributed by atoms with Gasteiger partial charge in [-0.1, -0.05) is 91.0 Å². The Morgan fingerprint density at radius 3 is 1.92 bits per heavy atom. The van der Waals surface area contributed by atoms with Gasteiger partial charge in [0.25, 0.3) is 0 Å². The second-order valence-electron chi connectivity index (χ2n) is 9.70. The van der Waals surface area contributed by atoms with Crippen molar-refractivity contribution in [3.8, 4) is 16.8 Å². The Hall–Kier alpha value is -4.56. The molecule has 1 aliphatic rings. The fraction of sp³-hybridized carbons (Fsp3) is 0.0588. The zero-order chi connectivity index (χ0) is 23.8. The maximum absolute atomic E-state index is 2.51. The van der Waals surface area contributed by atoms with Crippen LogP contribution in [0.25, 0.3) is 60.0 Å². The van der Waals surface area contributed by atoms with E-state index < -0.39 is 0 Å². The van der Waals surface area contributed by atoms with E-state index in [9.17, 15) is 0 Å². The monoisotopic (exact) mass is 460 g/mol. The Bertz CT molecular complexity index is 1990. The predicted molar refractivity (Wildman–Crippen MR) is 154 cm³/mol. The van der Waals surface area contributed by atoms with Gasteiger partial charge < -0.3 is 4.90 Å². The third-order valence-corrected chi connectivity index (χ3v) is 7.83. The first-order valence-corrected chi connectivity index (χ1v) is 12.7. The molecule has 0 fully saturated rings. The molecule has 36 heavy (non-hydrogen) atoms. The Morgan fingerprint density at radius 1 is 0.528 bits per heavy atom. The highest BCUT2D eigenvalue weighted by atomic mass is 15.3. The second kappa shape index (κ2) is 7.22. The molecule has 0 amide bonds. The summed E-state index contributed by atoms with van der Waals surface area (Å²) in [5.74, 6) is 1.22. The Balaban J connectivity index is 1.64. The standard InChI is InChI=1S/C34H24N2/c1-2-35-30-18-17-22-9-5-7-13-27(22)33(30)29-19-24-11-3-4-12-25(24)20-31(29)36-32(35)21-26-16-15-23-10-6-8-14-28(23)34(26)36/h3-21H,2H2,1H3. The van der Waals surface area contributed by atoms with Crippen molar-refractivity contribution in [2.45, 2.75) is 6.92 Å². The van der Waals surface area contributed by atoms with Crippen molar-refractivity contribution in [2.24, 2.45) is 0 Å². The average Bonchev–Trinajstić information content (AvgIpc) is 3.27. The molecular formula is C34H24N2. The fourth-order valence-electron chi connectivity index (χ4n) is 6.24. The van der Waals surface area contributed by atoms with Gasteiger partial charge in [0.05, 0.1) is 16.9 Å². The molecule has 7 aromatic rings. The van der Waals surface area contributed by atoms with Crippen LogP contribution < -0.4 is 4.90 Å². The normalized spacial score (nSPS) is 12.6. The highest BCUT2D eigenvalue weighted by Crippen LogP contribution is 2.49. The van der Waals surface area contributed by atoms with Gasteiger partial charge in [0.1, 0.15) is 5.82 Å². The van der Waals surface area contributed by atoms with Crippen LogP contribution in [-0.4, -0.2) is 11.1 Å². The van der Waals surface area contributed by atoms with Gasteiger partial charge in [0.2, 0.25) is 0 Å². The van der Waals surface area contributed by atoms with Crippen molar-refractivity contribution < 1.29 is 0 Å². The lowest BCUT2D eigenvalue weighted by Crippen LogP contribution is -2.18. The van der Waals surface area contributed by atoms with E-state index in [4.69, 9.17) is 0 Å². The highest BCUT2D eigenvalue weighted by Gasteiger charge is 2.28. The molecule has 8 rings (SSSR count). The molecule has 0 radical (unpaired) electrons. The lowest BCUT2D eigenvalue weighted by atomic mass is 9.92. The van der Waals surface area contributed by atoms with Crippen molar-refractivity contribution in [3.63, 3.8) is 0 Å². The largest absolute Gasteiger partial charge is 0.327 e. The number of aromatic nitrogens is 1. The molecule has 2 nitrogen and oxygen atoms in total. The summed E-state index contributed by atoms with van der Waals surface area (Å²) in [5.41, 5.74) is 6.37. The van der Waals surface area contributed by atoms with Gasteiger partial charge >= 0.3 is 0 Å². The molecule has 0 bridgehead atoms. The lowest BCUT2D eigenvalue weighted by molar-refractivity contribution is 0.970. The summed E-state index contributed by atoms with van der Waals surface area (Å²) in [4.78, 5) is 2.49. The topological polar surface area (TPSA) is 8.17 Å². The first-order chi connectivity index (χ1) is 17.8. The third kappa shape index (κ3) is 2.56. The van der Waals surface area contributed by atoms with E-state index >= 15 is 0 Å². The minimum atomic E-state index is 0.882. The zero-order valence-corrected chi connectivity index (χ0v) is 20.1. The quantitative estimate of drug-likeness (QED) is 0.237. The molecule has 0 N–H and O–H groups in total. The molecule has 0 spiro atoms. The van der Waals surface area contributed by atoms with Crippen LogP contribution >= 0.6 is 0 Å². The highest BCUT2D eigenvalue weighted by molar-refractivity contribution is 6.13. The molecule has 0 unspecified atom stereocenters.